The molecule has 27 heavy (non-hydrogen) atoms. The highest BCUT2D eigenvalue weighted by Gasteiger charge is 2.13. The predicted octanol–water partition coefficient (Wildman–Crippen LogP) is 6.27. The van der Waals surface area contributed by atoms with Crippen LogP contribution in [-0.4, -0.2) is 9.97 Å². The molecule has 0 aliphatic rings. The molecule has 3 aromatic rings. The molecule has 0 aliphatic heterocycles. The van der Waals surface area contributed by atoms with E-state index in [-0.39, 0.29) is 17.5 Å². The number of hydrogen-bond donors (Lipinski definition) is 0. The van der Waals surface area contributed by atoms with E-state index in [1.807, 2.05) is 26.0 Å². The van der Waals surface area contributed by atoms with Crippen LogP contribution in [0.5, 0.6) is 11.6 Å². The van der Waals surface area contributed by atoms with Gasteiger partial charge in [0.05, 0.1) is 5.69 Å². The van der Waals surface area contributed by atoms with E-state index >= 15 is 0 Å². The Bertz CT molecular complexity index is 947. The fraction of sp³-hybridized carbons (Fsp3) is 0.238. The number of aryl methyl sites for hydroxylation is 1. The van der Waals surface area contributed by atoms with Gasteiger partial charge >= 0.3 is 0 Å². The molecule has 0 saturated carbocycles. The lowest BCUT2D eigenvalue weighted by Crippen LogP contribution is -2.00. The molecule has 6 heteroatoms. The van der Waals surface area contributed by atoms with Crippen LogP contribution in [0.3, 0.4) is 0 Å². The standard InChI is InChI=1S/C21H20F2N2OS/c1-13(2)18-11-20(26-19-9-8-16(22)10-17(19)23)25-21(24-18)27-12-15-7-5-4-6-14(15)3/h4-11,13H,12H2,1-3H3. The minimum atomic E-state index is -0.770. The molecule has 0 N–H and O–H groups in total. The SMILES string of the molecule is Cc1ccccc1CSc1nc(Oc2ccc(F)cc2F)cc(C(C)C)n1. The first-order valence-corrected chi connectivity index (χ1v) is 9.60. The molecular weight excluding hydrogens is 366 g/mol. The number of benzene rings is 2. The number of ether oxygens (including phenoxy) is 1. The van der Waals surface area contributed by atoms with Gasteiger partial charge in [-0.1, -0.05) is 49.9 Å². The first kappa shape index (κ1) is 19.3. The molecule has 2 aromatic carbocycles. The van der Waals surface area contributed by atoms with Crippen molar-refractivity contribution in [3.05, 3.63) is 77.0 Å². The van der Waals surface area contributed by atoms with Crippen molar-refractivity contribution in [2.45, 2.75) is 37.6 Å². The first-order valence-electron chi connectivity index (χ1n) is 8.61. The molecule has 3 rings (SSSR count). The van der Waals surface area contributed by atoms with Crippen LogP contribution in [0.15, 0.2) is 53.7 Å². The highest BCUT2D eigenvalue weighted by molar-refractivity contribution is 7.98. The van der Waals surface area contributed by atoms with Crippen LogP contribution in [0.4, 0.5) is 8.78 Å². The van der Waals surface area contributed by atoms with E-state index in [0.717, 1.165) is 23.6 Å². The molecule has 0 fully saturated rings. The highest BCUT2D eigenvalue weighted by atomic mass is 32.2. The van der Waals surface area contributed by atoms with E-state index in [1.54, 1.807) is 6.07 Å². The minimum Gasteiger partial charge on any atom is -0.436 e. The minimum absolute atomic E-state index is 0.0698. The summed E-state index contributed by atoms with van der Waals surface area (Å²) in [5.41, 5.74) is 3.21. The summed E-state index contributed by atoms with van der Waals surface area (Å²) in [7, 11) is 0. The topological polar surface area (TPSA) is 35.0 Å². The average Bonchev–Trinajstić information content (AvgIpc) is 2.63. The quantitative estimate of drug-likeness (QED) is 0.369. The second-order valence-electron chi connectivity index (χ2n) is 6.46. The average molecular weight is 386 g/mol. The summed E-state index contributed by atoms with van der Waals surface area (Å²) in [6, 6.07) is 13.0. The van der Waals surface area contributed by atoms with Gasteiger partial charge in [0, 0.05) is 17.9 Å². The summed E-state index contributed by atoms with van der Waals surface area (Å²) in [6.45, 7) is 6.09. The number of rotatable bonds is 6. The molecule has 3 nitrogen and oxygen atoms in total. The molecule has 0 aliphatic carbocycles. The van der Waals surface area contributed by atoms with Crippen LogP contribution in [0.1, 0.15) is 36.6 Å². The van der Waals surface area contributed by atoms with E-state index in [0.29, 0.717) is 5.16 Å². The third kappa shape index (κ3) is 5.04. The van der Waals surface area contributed by atoms with Crippen LogP contribution in [0.2, 0.25) is 0 Å². The Hall–Kier alpha value is -2.47. The molecule has 1 heterocycles. The van der Waals surface area contributed by atoms with Crippen LogP contribution < -0.4 is 4.74 Å². The largest absolute Gasteiger partial charge is 0.436 e. The van der Waals surface area contributed by atoms with E-state index < -0.39 is 11.6 Å². The predicted molar refractivity (Wildman–Crippen MR) is 103 cm³/mol. The second-order valence-corrected chi connectivity index (χ2v) is 7.40. The van der Waals surface area contributed by atoms with Gasteiger partial charge in [0.2, 0.25) is 5.88 Å². The fourth-order valence-corrected chi connectivity index (χ4v) is 3.35. The molecule has 0 unspecified atom stereocenters. The number of thioether (sulfide) groups is 1. The maximum atomic E-state index is 13.9. The van der Waals surface area contributed by atoms with Gasteiger partial charge in [-0.05, 0) is 36.1 Å². The number of hydrogen-bond acceptors (Lipinski definition) is 4. The molecule has 0 atom stereocenters. The number of nitrogens with zero attached hydrogens (tertiary/aromatic N) is 2. The lowest BCUT2D eigenvalue weighted by Gasteiger charge is -2.12. The van der Waals surface area contributed by atoms with Crippen molar-refractivity contribution >= 4 is 11.8 Å². The summed E-state index contributed by atoms with van der Waals surface area (Å²) in [5.74, 6) is -0.371. The normalized spacial score (nSPS) is 11.0. The Balaban J connectivity index is 1.85. The smallest absolute Gasteiger partial charge is 0.223 e. The zero-order valence-electron chi connectivity index (χ0n) is 15.4. The molecule has 0 radical (unpaired) electrons. The van der Waals surface area contributed by atoms with Crippen molar-refractivity contribution in [2.24, 2.45) is 0 Å². The van der Waals surface area contributed by atoms with Crippen molar-refractivity contribution in [1.82, 2.24) is 9.97 Å². The Morgan fingerprint density at radius 2 is 1.81 bits per heavy atom. The maximum absolute atomic E-state index is 13.9. The molecule has 0 amide bonds. The number of aromatic nitrogens is 2. The Morgan fingerprint density at radius 3 is 2.52 bits per heavy atom. The van der Waals surface area contributed by atoms with Gasteiger partial charge in [-0.2, -0.15) is 4.98 Å². The van der Waals surface area contributed by atoms with Crippen LogP contribution in [0.25, 0.3) is 0 Å². The Labute approximate surface area is 161 Å². The molecule has 1 aromatic heterocycles. The van der Waals surface area contributed by atoms with Crippen molar-refractivity contribution in [1.29, 1.82) is 0 Å². The molecule has 0 bridgehead atoms. The lowest BCUT2D eigenvalue weighted by atomic mass is 10.1. The Kier molecular flexibility index (Phi) is 6.06. The van der Waals surface area contributed by atoms with E-state index in [4.69, 9.17) is 4.74 Å². The van der Waals surface area contributed by atoms with Gasteiger partial charge in [0.15, 0.2) is 16.7 Å². The number of halogens is 2. The van der Waals surface area contributed by atoms with Crippen LogP contribution >= 0.6 is 11.8 Å². The summed E-state index contributed by atoms with van der Waals surface area (Å²) in [5, 5.41) is 0.557. The van der Waals surface area contributed by atoms with E-state index in [1.165, 1.54) is 29.0 Å². The van der Waals surface area contributed by atoms with Gasteiger partial charge < -0.3 is 4.74 Å². The van der Waals surface area contributed by atoms with Crippen LogP contribution in [0, 0.1) is 18.6 Å². The summed E-state index contributed by atoms with van der Waals surface area (Å²) in [4.78, 5) is 8.96. The third-order valence-electron chi connectivity index (χ3n) is 4.02. The van der Waals surface area contributed by atoms with Gasteiger partial charge in [-0.15, -0.1) is 0 Å². The molecule has 0 saturated heterocycles. The molecule has 0 spiro atoms. The third-order valence-corrected chi connectivity index (χ3v) is 4.92. The van der Waals surface area contributed by atoms with Crippen molar-refractivity contribution in [3.8, 4) is 11.6 Å². The maximum Gasteiger partial charge on any atom is 0.223 e. The second kappa shape index (κ2) is 8.48. The van der Waals surface area contributed by atoms with E-state index in [2.05, 4.69) is 29.0 Å². The Morgan fingerprint density at radius 1 is 1.04 bits per heavy atom. The zero-order valence-corrected chi connectivity index (χ0v) is 16.2. The lowest BCUT2D eigenvalue weighted by molar-refractivity contribution is 0.417. The van der Waals surface area contributed by atoms with E-state index in [9.17, 15) is 8.78 Å². The van der Waals surface area contributed by atoms with Gasteiger partial charge in [0.1, 0.15) is 5.82 Å². The molecule has 140 valence electrons. The summed E-state index contributed by atoms with van der Waals surface area (Å²) in [6.07, 6.45) is 0. The zero-order chi connectivity index (χ0) is 19.4. The first-order chi connectivity index (χ1) is 12.9. The van der Waals surface area contributed by atoms with Crippen molar-refractivity contribution < 1.29 is 13.5 Å². The summed E-state index contributed by atoms with van der Waals surface area (Å²) >= 11 is 1.49. The van der Waals surface area contributed by atoms with Crippen LogP contribution in [-0.2, 0) is 5.75 Å². The van der Waals surface area contributed by atoms with Gasteiger partial charge in [0.25, 0.3) is 0 Å². The van der Waals surface area contributed by atoms with Crippen molar-refractivity contribution in [3.63, 3.8) is 0 Å². The monoisotopic (exact) mass is 386 g/mol. The summed E-state index contributed by atoms with van der Waals surface area (Å²) < 4.78 is 32.6. The van der Waals surface area contributed by atoms with Gasteiger partial charge in [-0.3, -0.25) is 0 Å². The highest BCUT2D eigenvalue weighted by Crippen LogP contribution is 2.29. The van der Waals surface area contributed by atoms with Crippen molar-refractivity contribution in [2.75, 3.05) is 0 Å². The fourth-order valence-electron chi connectivity index (χ4n) is 2.42. The van der Waals surface area contributed by atoms with Gasteiger partial charge in [-0.25, -0.2) is 13.8 Å². The molecular formula is C21H20F2N2OS.